The van der Waals surface area contributed by atoms with Gasteiger partial charge in [0.15, 0.2) is 0 Å². The van der Waals surface area contributed by atoms with Crippen molar-refractivity contribution in [2.45, 2.75) is 48.0 Å². The summed E-state index contributed by atoms with van der Waals surface area (Å²) in [4.78, 5) is 25.6. The molecule has 1 aliphatic carbocycles. The van der Waals surface area contributed by atoms with Crippen molar-refractivity contribution in [3.8, 4) is 11.3 Å². The molecule has 1 saturated carbocycles. The molecule has 2 aromatic rings. The molecule has 0 unspecified atom stereocenters. The molecule has 0 atom stereocenters. The van der Waals surface area contributed by atoms with Gasteiger partial charge in [-0.1, -0.05) is 78.3 Å². The summed E-state index contributed by atoms with van der Waals surface area (Å²) in [6.07, 6.45) is 0.824. The Bertz CT molecular complexity index is 722. The normalized spacial score (nSPS) is 14.9. The third-order valence-electron chi connectivity index (χ3n) is 5.08. The van der Waals surface area contributed by atoms with Crippen molar-refractivity contribution in [2.24, 2.45) is 0 Å². The van der Waals surface area contributed by atoms with Gasteiger partial charge in [0, 0.05) is 17.4 Å². The molecule has 7 radical (unpaired) electrons. The van der Waals surface area contributed by atoms with E-state index in [0.717, 1.165) is 17.5 Å². The summed E-state index contributed by atoms with van der Waals surface area (Å²) >= 11 is 0. The molecule has 1 aromatic carbocycles. The first-order valence-electron chi connectivity index (χ1n) is 9.03. The average molecular weight is 446 g/mol. The first-order chi connectivity index (χ1) is 13.9. The molecule has 7 heteroatoms. The second-order valence-electron chi connectivity index (χ2n) is 6.38. The number of aryl methyl sites for hydroxylation is 1. The minimum absolute atomic E-state index is 0. The largest absolute Gasteiger partial charge is 0.456 e. The average Bonchev–Trinajstić information content (AvgIpc) is 2.95. The van der Waals surface area contributed by atoms with Crippen LogP contribution in [0.3, 0.4) is 0 Å². The fourth-order valence-corrected chi connectivity index (χ4v) is 2.90. The van der Waals surface area contributed by atoms with E-state index in [2.05, 4.69) is 40.7 Å². The van der Waals surface area contributed by atoms with Crippen LogP contribution in [0, 0.1) is 45.5 Å². The molecule has 1 heterocycles. The predicted octanol–water partition coefficient (Wildman–Crippen LogP) is 4.74. The number of nitrogens with zero attached hydrogens (tertiary/aromatic N) is 2. The van der Waals surface area contributed by atoms with Gasteiger partial charge >= 0.3 is 0 Å². The molecule has 159 valence electrons. The second kappa shape index (κ2) is 15.7. The van der Waals surface area contributed by atoms with Crippen LogP contribution in [0.25, 0.3) is 11.3 Å². The van der Waals surface area contributed by atoms with Gasteiger partial charge in [-0.15, -0.1) is 9.81 Å². The van der Waals surface area contributed by atoms with E-state index < -0.39 is 5.63 Å². The van der Waals surface area contributed by atoms with E-state index in [1.54, 1.807) is 6.07 Å². The zero-order valence-corrected chi connectivity index (χ0v) is 19.4. The first kappa shape index (κ1) is 30.1. The summed E-state index contributed by atoms with van der Waals surface area (Å²) in [6, 6.07) is 13.9. The summed E-state index contributed by atoms with van der Waals surface area (Å²) in [5.41, 5.74) is 13.0. The SMILES string of the molecule is CCc1c[c-]c(=O)oc1-c1ccccc1.C[C]1[C](C)[C](C)[C](C)[C]1C.[Cr].[N]=O.[N]=O. The number of rotatable bonds is 2. The van der Waals surface area contributed by atoms with Gasteiger partial charge in [0.25, 0.3) is 0 Å². The van der Waals surface area contributed by atoms with E-state index in [1.165, 1.54) is 29.6 Å². The maximum atomic E-state index is 11.1. The van der Waals surface area contributed by atoms with Crippen molar-refractivity contribution in [2.75, 3.05) is 0 Å². The van der Waals surface area contributed by atoms with Gasteiger partial charge in [-0.2, -0.15) is 11.6 Å². The van der Waals surface area contributed by atoms with Gasteiger partial charge in [-0.05, 0) is 35.2 Å². The van der Waals surface area contributed by atoms with Crippen LogP contribution in [0.4, 0.5) is 0 Å². The fraction of sp³-hybridized carbons (Fsp3) is 0.304. The van der Waals surface area contributed by atoms with Gasteiger partial charge in [0.2, 0.25) is 5.63 Å². The Balaban J connectivity index is 0. The zero-order chi connectivity index (χ0) is 22.6. The molecule has 30 heavy (non-hydrogen) atoms. The van der Waals surface area contributed by atoms with Crippen LogP contribution in [-0.2, 0) is 23.8 Å². The van der Waals surface area contributed by atoms with Crippen LogP contribution in [0.15, 0.2) is 45.6 Å². The van der Waals surface area contributed by atoms with Gasteiger partial charge in [-0.3, -0.25) is 4.79 Å². The van der Waals surface area contributed by atoms with E-state index in [1.807, 2.05) is 37.3 Å². The molecule has 0 spiro atoms. The summed E-state index contributed by atoms with van der Waals surface area (Å²) < 4.78 is 5.17. The Morgan fingerprint density at radius 1 is 0.800 bits per heavy atom. The molecule has 1 fully saturated rings. The second-order valence-corrected chi connectivity index (χ2v) is 6.38. The van der Waals surface area contributed by atoms with Gasteiger partial charge in [-0.25, -0.2) is 6.07 Å². The number of hydrogen-bond donors (Lipinski definition) is 0. The first-order valence-corrected chi connectivity index (χ1v) is 9.03. The Morgan fingerprint density at radius 3 is 1.57 bits per heavy atom. The van der Waals surface area contributed by atoms with Gasteiger partial charge < -0.3 is 4.42 Å². The summed E-state index contributed by atoms with van der Waals surface area (Å²) in [7, 11) is 0. The van der Waals surface area contributed by atoms with Crippen molar-refractivity contribution in [1.29, 1.82) is 0 Å². The Morgan fingerprint density at radius 2 is 1.20 bits per heavy atom. The smallest absolute Gasteiger partial charge is 0.241 e. The Hall–Kier alpha value is -2.10. The molecule has 3 rings (SSSR count). The predicted molar refractivity (Wildman–Crippen MR) is 114 cm³/mol. The molecule has 1 aromatic heterocycles. The molecule has 0 aliphatic heterocycles. The van der Waals surface area contributed by atoms with Gasteiger partial charge in [0.05, 0.1) is 5.76 Å². The summed E-state index contributed by atoms with van der Waals surface area (Å²) in [5, 5.41) is 0. The van der Waals surface area contributed by atoms with Crippen LogP contribution < -0.4 is 16.8 Å². The quantitative estimate of drug-likeness (QED) is 0.620. The van der Waals surface area contributed by atoms with E-state index in [9.17, 15) is 4.79 Å². The minimum Gasteiger partial charge on any atom is -0.456 e. The third-order valence-corrected chi connectivity index (χ3v) is 5.08. The van der Waals surface area contributed by atoms with Crippen molar-refractivity contribution >= 4 is 0 Å². The number of benzene rings is 1. The fourth-order valence-electron chi connectivity index (χ4n) is 2.90. The summed E-state index contributed by atoms with van der Waals surface area (Å²) in [5.74, 6) is 7.99. The summed E-state index contributed by atoms with van der Waals surface area (Å²) in [6.45, 7) is 13.0. The van der Waals surface area contributed by atoms with Crippen LogP contribution in [0.5, 0.6) is 0 Å². The van der Waals surface area contributed by atoms with E-state index >= 15 is 0 Å². The van der Waals surface area contributed by atoms with Crippen LogP contribution >= 0.6 is 0 Å². The minimum atomic E-state index is -0.425. The number of hydrogen-bond acceptors (Lipinski definition) is 4. The van der Waals surface area contributed by atoms with Crippen LogP contribution in [0.2, 0.25) is 0 Å². The zero-order valence-electron chi connectivity index (χ0n) is 18.1. The van der Waals surface area contributed by atoms with Crippen molar-refractivity contribution in [3.05, 3.63) is 97.9 Å². The van der Waals surface area contributed by atoms with E-state index in [-0.39, 0.29) is 17.4 Å². The standard InChI is InChI=1S/C13H11O2.C10H15.Cr.2NO/c1-2-10-8-9-12(14)15-13(10)11-6-4-3-5-7-11;1-6-7(2)9(4)10(5)8(6)3;;2*1-2/h3-8H,2H2,1H3;1-5H3;;;/q-1;;;;. The molecular formula is C23H26CrN2O4-. The van der Waals surface area contributed by atoms with Gasteiger partial charge in [0.1, 0.15) is 11.2 Å². The monoisotopic (exact) mass is 446 g/mol. The maximum Gasteiger partial charge on any atom is 0.241 e. The topological polar surface area (TPSA) is 109 Å². The Labute approximate surface area is 190 Å². The van der Waals surface area contributed by atoms with E-state index in [0.29, 0.717) is 5.76 Å². The molecular weight excluding hydrogens is 420 g/mol. The number of nitroso groups, excluding NO2 is 2. The van der Waals surface area contributed by atoms with Crippen molar-refractivity contribution in [3.63, 3.8) is 0 Å². The third kappa shape index (κ3) is 7.97. The van der Waals surface area contributed by atoms with Crippen molar-refractivity contribution < 1.29 is 21.8 Å². The molecule has 0 N–H and O–H groups in total. The molecule has 0 amide bonds. The Kier molecular flexibility index (Phi) is 15.8. The van der Waals surface area contributed by atoms with Crippen LogP contribution in [0.1, 0.15) is 47.1 Å². The molecule has 0 bridgehead atoms. The van der Waals surface area contributed by atoms with E-state index in [4.69, 9.17) is 25.4 Å². The molecule has 0 saturated heterocycles. The molecule has 1 aliphatic rings. The van der Waals surface area contributed by atoms with Crippen LogP contribution in [-0.4, -0.2) is 0 Å². The van der Waals surface area contributed by atoms with Crippen molar-refractivity contribution in [1.82, 2.24) is 11.2 Å². The maximum absolute atomic E-state index is 11.1. The molecule has 6 nitrogen and oxygen atoms in total.